The number of carbonyl (C=O) groups excluding carboxylic acids is 3. The lowest BCUT2D eigenvalue weighted by molar-refractivity contribution is -0.136. The number of benzene rings is 2. The molecule has 0 atom stereocenters. The van der Waals surface area contributed by atoms with Crippen molar-refractivity contribution in [1.82, 2.24) is 4.90 Å². The summed E-state index contributed by atoms with van der Waals surface area (Å²) in [5, 5.41) is 2.54. The maximum Gasteiger partial charge on any atom is 0.338 e. The minimum Gasteiger partial charge on any atom is -0.452 e. The lowest BCUT2D eigenvalue weighted by Crippen LogP contribution is -2.37. The van der Waals surface area contributed by atoms with Crippen LogP contribution >= 0.6 is 0 Å². The van der Waals surface area contributed by atoms with Crippen LogP contribution in [0, 0.1) is 12.7 Å². The predicted octanol–water partition coefficient (Wildman–Crippen LogP) is 2.39. The number of nitrogens with one attached hydrogen (secondary N) is 1. The number of carbonyl (C=O) groups is 3. The second-order valence-electron chi connectivity index (χ2n) is 5.75. The molecule has 0 aliphatic heterocycles. The second-order valence-corrected chi connectivity index (χ2v) is 5.75. The Hall–Kier alpha value is -3.22. The van der Waals surface area contributed by atoms with E-state index < -0.39 is 30.2 Å². The zero-order valence-electron chi connectivity index (χ0n) is 14.5. The highest BCUT2D eigenvalue weighted by molar-refractivity contribution is 5.95. The highest BCUT2D eigenvalue weighted by Crippen LogP contribution is 2.08. The molecule has 0 aliphatic carbocycles. The van der Waals surface area contributed by atoms with Gasteiger partial charge in [0.25, 0.3) is 5.91 Å². The average Bonchev–Trinajstić information content (AvgIpc) is 2.61. The summed E-state index contributed by atoms with van der Waals surface area (Å²) in [7, 11) is 1.42. The van der Waals surface area contributed by atoms with E-state index in [1.54, 1.807) is 24.3 Å². The van der Waals surface area contributed by atoms with E-state index in [0.29, 0.717) is 11.3 Å². The Morgan fingerprint density at radius 1 is 1.04 bits per heavy atom. The van der Waals surface area contributed by atoms with Crippen LogP contribution < -0.4 is 5.32 Å². The number of hydrogen-bond donors (Lipinski definition) is 1. The number of nitrogens with zero attached hydrogens (tertiary/aromatic N) is 1. The van der Waals surface area contributed by atoms with Gasteiger partial charge in [-0.1, -0.05) is 17.7 Å². The summed E-state index contributed by atoms with van der Waals surface area (Å²) < 4.78 is 17.8. The monoisotopic (exact) mass is 358 g/mol. The van der Waals surface area contributed by atoms with Crippen LogP contribution in [-0.2, 0) is 14.3 Å². The third kappa shape index (κ3) is 5.70. The van der Waals surface area contributed by atoms with Crippen molar-refractivity contribution in [3.8, 4) is 0 Å². The van der Waals surface area contributed by atoms with Crippen molar-refractivity contribution in [2.45, 2.75) is 6.92 Å². The number of esters is 1. The van der Waals surface area contributed by atoms with Crippen molar-refractivity contribution >= 4 is 23.5 Å². The van der Waals surface area contributed by atoms with Crippen LogP contribution in [0.25, 0.3) is 0 Å². The fourth-order valence-corrected chi connectivity index (χ4v) is 2.05. The van der Waals surface area contributed by atoms with Gasteiger partial charge in [0.1, 0.15) is 5.82 Å². The zero-order chi connectivity index (χ0) is 19.1. The topological polar surface area (TPSA) is 75.7 Å². The molecule has 1 N–H and O–H groups in total. The lowest BCUT2D eigenvalue weighted by atomic mass is 10.1. The molecular weight excluding hydrogens is 339 g/mol. The van der Waals surface area contributed by atoms with Gasteiger partial charge < -0.3 is 15.0 Å². The van der Waals surface area contributed by atoms with E-state index in [1.165, 1.54) is 31.3 Å². The Bertz CT molecular complexity index is 788. The van der Waals surface area contributed by atoms with Gasteiger partial charge in [0.15, 0.2) is 6.61 Å². The van der Waals surface area contributed by atoms with Crippen LogP contribution in [-0.4, -0.2) is 42.9 Å². The van der Waals surface area contributed by atoms with Crippen LogP contribution in [0.3, 0.4) is 0 Å². The molecule has 0 unspecified atom stereocenters. The van der Waals surface area contributed by atoms with Crippen LogP contribution in [0.5, 0.6) is 0 Å². The summed E-state index contributed by atoms with van der Waals surface area (Å²) in [6.45, 7) is 1.20. The highest BCUT2D eigenvalue weighted by Gasteiger charge is 2.16. The molecule has 2 amide bonds. The van der Waals surface area contributed by atoms with Gasteiger partial charge in [0, 0.05) is 12.7 Å². The van der Waals surface area contributed by atoms with Gasteiger partial charge in [-0.25, -0.2) is 9.18 Å². The number of hydrogen-bond acceptors (Lipinski definition) is 4. The minimum absolute atomic E-state index is 0.224. The van der Waals surface area contributed by atoms with Crippen molar-refractivity contribution in [3.05, 3.63) is 65.5 Å². The first-order chi connectivity index (χ1) is 12.3. The van der Waals surface area contributed by atoms with Gasteiger partial charge in [-0.05, 0) is 43.3 Å². The van der Waals surface area contributed by atoms with E-state index in [-0.39, 0.29) is 6.54 Å². The normalized spacial score (nSPS) is 10.1. The largest absolute Gasteiger partial charge is 0.452 e. The molecule has 0 bridgehead atoms. The van der Waals surface area contributed by atoms with Crippen LogP contribution in [0.4, 0.5) is 10.1 Å². The molecule has 0 aromatic heterocycles. The third-order valence-electron chi connectivity index (χ3n) is 3.55. The molecule has 0 radical (unpaired) electrons. The molecule has 7 heteroatoms. The van der Waals surface area contributed by atoms with E-state index in [2.05, 4.69) is 5.32 Å². The van der Waals surface area contributed by atoms with Crippen LogP contribution in [0.2, 0.25) is 0 Å². The first-order valence-corrected chi connectivity index (χ1v) is 7.88. The third-order valence-corrected chi connectivity index (χ3v) is 3.55. The second kappa shape index (κ2) is 8.75. The van der Waals surface area contributed by atoms with E-state index >= 15 is 0 Å². The zero-order valence-corrected chi connectivity index (χ0v) is 14.5. The molecule has 0 saturated carbocycles. The summed E-state index contributed by atoms with van der Waals surface area (Å²) in [5.41, 5.74) is 1.77. The number of likely N-dealkylation sites (N-methyl/N-ethyl adjacent to an activating group) is 1. The van der Waals surface area contributed by atoms with E-state index in [0.717, 1.165) is 10.5 Å². The Balaban J connectivity index is 1.79. The Labute approximate surface area is 150 Å². The number of ether oxygens (including phenoxy) is 1. The Morgan fingerprint density at radius 2 is 1.65 bits per heavy atom. The summed E-state index contributed by atoms with van der Waals surface area (Å²) in [4.78, 5) is 36.9. The molecular formula is C19H19FN2O4. The molecule has 0 saturated heterocycles. The SMILES string of the molecule is Cc1ccc(C(=O)OCC(=O)N(C)CC(=O)Nc2ccc(F)cc2)cc1. The maximum absolute atomic E-state index is 12.8. The quantitative estimate of drug-likeness (QED) is 0.805. The summed E-state index contributed by atoms with van der Waals surface area (Å²) in [6.07, 6.45) is 0. The van der Waals surface area contributed by atoms with Crippen molar-refractivity contribution in [2.75, 3.05) is 25.5 Å². The predicted molar refractivity (Wildman–Crippen MR) is 94.1 cm³/mol. The van der Waals surface area contributed by atoms with Crippen LogP contribution in [0.1, 0.15) is 15.9 Å². The molecule has 0 heterocycles. The fraction of sp³-hybridized carbons (Fsp3) is 0.211. The Morgan fingerprint density at radius 3 is 2.27 bits per heavy atom. The molecule has 6 nitrogen and oxygen atoms in total. The summed E-state index contributed by atoms with van der Waals surface area (Å²) in [6, 6.07) is 12.0. The van der Waals surface area contributed by atoms with E-state index in [4.69, 9.17) is 4.74 Å². The van der Waals surface area contributed by atoms with Gasteiger partial charge in [-0.3, -0.25) is 9.59 Å². The number of aryl methyl sites for hydroxylation is 1. The number of rotatable bonds is 6. The van der Waals surface area contributed by atoms with Crippen molar-refractivity contribution in [3.63, 3.8) is 0 Å². The summed E-state index contributed by atoms with van der Waals surface area (Å²) in [5.74, 6) is -1.98. The average molecular weight is 358 g/mol. The van der Waals surface area contributed by atoms with Crippen molar-refractivity contribution in [2.24, 2.45) is 0 Å². The molecule has 0 fully saturated rings. The lowest BCUT2D eigenvalue weighted by Gasteiger charge is -2.16. The maximum atomic E-state index is 12.8. The van der Waals surface area contributed by atoms with Gasteiger partial charge in [-0.15, -0.1) is 0 Å². The van der Waals surface area contributed by atoms with Gasteiger partial charge in [-0.2, -0.15) is 0 Å². The first kappa shape index (κ1) is 19.1. The van der Waals surface area contributed by atoms with E-state index in [1.807, 2.05) is 6.92 Å². The molecule has 2 rings (SSSR count). The molecule has 2 aromatic carbocycles. The molecule has 0 aliphatic rings. The van der Waals surface area contributed by atoms with Gasteiger partial charge in [0.05, 0.1) is 12.1 Å². The smallest absolute Gasteiger partial charge is 0.338 e. The van der Waals surface area contributed by atoms with Crippen LogP contribution in [0.15, 0.2) is 48.5 Å². The first-order valence-electron chi connectivity index (χ1n) is 7.88. The van der Waals surface area contributed by atoms with Gasteiger partial charge >= 0.3 is 5.97 Å². The summed E-state index contributed by atoms with van der Waals surface area (Å²) >= 11 is 0. The van der Waals surface area contributed by atoms with Crippen molar-refractivity contribution < 1.29 is 23.5 Å². The number of anilines is 1. The molecule has 2 aromatic rings. The molecule has 26 heavy (non-hydrogen) atoms. The van der Waals surface area contributed by atoms with Crippen molar-refractivity contribution in [1.29, 1.82) is 0 Å². The van der Waals surface area contributed by atoms with E-state index in [9.17, 15) is 18.8 Å². The Kier molecular flexibility index (Phi) is 6.43. The number of halogens is 1. The standard InChI is InChI=1S/C19H19FN2O4/c1-13-3-5-14(6-4-13)19(25)26-12-18(24)22(2)11-17(23)21-16-9-7-15(20)8-10-16/h3-10H,11-12H2,1-2H3,(H,21,23). The minimum atomic E-state index is -0.609. The van der Waals surface area contributed by atoms with Gasteiger partial charge in [0.2, 0.25) is 5.91 Å². The highest BCUT2D eigenvalue weighted by atomic mass is 19.1. The number of amides is 2. The fourth-order valence-electron chi connectivity index (χ4n) is 2.05. The molecule has 0 spiro atoms. The molecule has 136 valence electrons.